The molecule has 102 valence electrons. The molecule has 0 fully saturated rings. The number of anilines is 1. The van der Waals surface area contributed by atoms with Gasteiger partial charge >= 0.3 is 5.97 Å². The molecule has 2 N–H and O–H groups in total. The van der Waals surface area contributed by atoms with Crippen LogP contribution in [-0.2, 0) is 0 Å². The maximum atomic E-state index is 12.1. The van der Waals surface area contributed by atoms with E-state index in [1.165, 1.54) is 18.3 Å². The number of rotatable bonds is 3. The second-order valence-electron chi connectivity index (χ2n) is 4.15. The van der Waals surface area contributed by atoms with Gasteiger partial charge in [0.15, 0.2) is 0 Å². The second-order valence-corrected chi connectivity index (χ2v) is 5.06. The van der Waals surface area contributed by atoms with E-state index in [9.17, 15) is 9.59 Å². The van der Waals surface area contributed by atoms with Crippen molar-refractivity contribution in [3.63, 3.8) is 0 Å². The molecule has 0 bridgehead atoms. The van der Waals surface area contributed by atoms with Gasteiger partial charge in [-0.2, -0.15) is 0 Å². The van der Waals surface area contributed by atoms with E-state index in [2.05, 4.69) is 26.2 Å². The van der Waals surface area contributed by atoms with Crippen molar-refractivity contribution >= 4 is 33.5 Å². The fourth-order valence-corrected chi connectivity index (χ4v) is 2.13. The van der Waals surface area contributed by atoms with Gasteiger partial charge in [0.2, 0.25) is 0 Å². The Morgan fingerprint density at radius 1 is 1.25 bits per heavy atom. The van der Waals surface area contributed by atoms with Crippen LogP contribution in [0.4, 0.5) is 5.69 Å². The molecule has 0 unspecified atom stereocenters. The Morgan fingerprint density at radius 3 is 2.65 bits per heavy atom. The molecule has 20 heavy (non-hydrogen) atoms. The van der Waals surface area contributed by atoms with Crippen molar-refractivity contribution in [3.8, 4) is 0 Å². The van der Waals surface area contributed by atoms with Crippen molar-refractivity contribution < 1.29 is 14.7 Å². The van der Waals surface area contributed by atoms with E-state index in [4.69, 9.17) is 5.11 Å². The van der Waals surface area contributed by atoms with Crippen LogP contribution in [0.5, 0.6) is 0 Å². The maximum Gasteiger partial charge on any atom is 0.354 e. The lowest BCUT2D eigenvalue weighted by molar-refractivity contribution is 0.0690. The first-order valence-corrected chi connectivity index (χ1v) is 6.53. The van der Waals surface area contributed by atoms with E-state index in [1.54, 1.807) is 6.07 Å². The van der Waals surface area contributed by atoms with Gasteiger partial charge in [-0.05, 0) is 42.8 Å². The van der Waals surface area contributed by atoms with E-state index in [-0.39, 0.29) is 17.2 Å². The summed E-state index contributed by atoms with van der Waals surface area (Å²) in [6.45, 7) is 1.87. The van der Waals surface area contributed by atoms with E-state index < -0.39 is 5.97 Å². The van der Waals surface area contributed by atoms with Crippen molar-refractivity contribution in [2.75, 3.05) is 5.32 Å². The summed E-state index contributed by atoms with van der Waals surface area (Å²) in [6.07, 6.45) is 1.30. The number of carboxylic acid groups (broad SMARTS) is 1. The average molecular weight is 335 g/mol. The molecule has 6 heteroatoms. The number of aromatic carboxylic acids is 1. The lowest BCUT2D eigenvalue weighted by Gasteiger charge is -2.09. The molecular weight excluding hydrogens is 324 g/mol. The quantitative estimate of drug-likeness (QED) is 0.903. The van der Waals surface area contributed by atoms with Crippen LogP contribution in [-0.4, -0.2) is 22.0 Å². The Morgan fingerprint density at radius 2 is 2.00 bits per heavy atom. The van der Waals surface area contributed by atoms with Gasteiger partial charge in [0.1, 0.15) is 5.69 Å². The summed E-state index contributed by atoms with van der Waals surface area (Å²) in [5.74, 6) is -1.54. The Hall–Kier alpha value is -2.21. The van der Waals surface area contributed by atoms with Crippen LogP contribution < -0.4 is 5.32 Å². The second kappa shape index (κ2) is 5.83. The molecule has 2 aromatic rings. The molecule has 1 heterocycles. The number of aromatic nitrogens is 1. The highest BCUT2D eigenvalue weighted by Gasteiger charge is 2.11. The third-order valence-corrected chi connectivity index (χ3v) is 3.17. The topological polar surface area (TPSA) is 79.3 Å². The zero-order valence-electron chi connectivity index (χ0n) is 10.6. The van der Waals surface area contributed by atoms with Gasteiger partial charge in [-0.25, -0.2) is 9.78 Å². The molecule has 5 nitrogen and oxygen atoms in total. The number of amides is 1. The predicted molar refractivity (Wildman–Crippen MR) is 78.0 cm³/mol. The average Bonchev–Trinajstić information content (AvgIpc) is 2.42. The van der Waals surface area contributed by atoms with Crippen LogP contribution >= 0.6 is 15.9 Å². The first-order valence-electron chi connectivity index (χ1n) is 5.74. The number of benzene rings is 1. The smallest absolute Gasteiger partial charge is 0.354 e. The molecule has 0 spiro atoms. The number of pyridine rings is 1. The minimum atomic E-state index is -1.17. The summed E-state index contributed by atoms with van der Waals surface area (Å²) >= 11 is 3.35. The largest absolute Gasteiger partial charge is 0.477 e. The highest BCUT2D eigenvalue weighted by atomic mass is 79.9. The zero-order valence-corrected chi connectivity index (χ0v) is 12.1. The van der Waals surface area contributed by atoms with Gasteiger partial charge in [0, 0.05) is 21.9 Å². The molecule has 0 aliphatic rings. The monoisotopic (exact) mass is 334 g/mol. The molecule has 1 amide bonds. The highest BCUT2D eigenvalue weighted by Crippen LogP contribution is 2.20. The van der Waals surface area contributed by atoms with Crippen molar-refractivity contribution in [1.29, 1.82) is 0 Å². The van der Waals surface area contributed by atoms with Crippen LogP contribution in [0.1, 0.15) is 26.4 Å². The van der Waals surface area contributed by atoms with Crippen LogP contribution in [0.3, 0.4) is 0 Å². The Balaban J connectivity index is 2.24. The molecule has 0 atom stereocenters. The summed E-state index contributed by atoms with van der Waals surface area (Å²) in [7, 11) is 0. The number of carbonyl (C=O) groups is 2. The molecule has 0 saturated heterocycles. The van der Waals surface area contributed by atoms with Gasteiger partial charge in [-0.1, -0.05) is 15.9 Å². The van der Waals surface area contributed by atoms with Crippen LogP contribution in [0.25, 0.3) is 0 Å². The lowest BCUT2D eigenvalue weighted by Crippen LogP contribution is -2.14. The number of nitrogens with one attached hydrogen (secondary N) is 1. The van der Waals surface area contributed by atoms with Gasteiger partial charge < -0.3 is 10.4 Å². The normalized spacial score (nSPS) is 10.1. The third kappa shape index (κ3) is 3.21. The summed E-state index contributed by atoms with van der Waals surface area (Å²) < 4.78 is 0.921. The number of carboxylic acids is 1. The summed E-state index contributed by atoms with van der Waals surface area (Å²) in [6, 6.07) is 8.18. The number of aryl methyl sites for hydroxylation is 1. The first-order chi connectivity index (χ1) is 9.47. The molecule has 1 aromatic carbocycles. The fraction of sp³-hybridized carbons (Fsp3) is 0.0714. The first kappa shape index (κ1) is 14.2. The predicted octanol–water partition coefficient (Wildman–Crippen LogP) is 3.10. The molecule has 0 radical (unpaired) electrons. The Kier molecular flexibility index (Phi) is 4.14. The molecule has 1 aromatic heterocycles. The fourth-order valence-electron chi connectivity index (χ4n) is 1.65. The standard InChI is InChI=1S/C14H11BrN2O3/c1-8-6-10(15)2-3-11(8)17-13(18)9-4-5-16-12(7-9)14(19)20/h2-7H,1H3,(H,17,18)(H,19,20). The number of nitrogens with zero attached hydrogens (tertiary/aromatic N) is 1. The molecular formula is C14H11BrN2O3. The van der Waals surface area contributed by atoms with E-state index in [0.29, 0.717) is 5.69 Å². The number of hydrogen-bond donors (Lipinski definition) is 2. The lowest BCUT2D eigenvalue weighted by atomic mass is 10.1. The van der Waals surface area contributed by atoms with Gasteiger partial charge in [-0.15, -0.1) is 0 Å². The molecule has 2 rings (SSSR count). The van der Waals surface area contributed by atoms with E-state index in [0.717, 1.165) is 10.0 Å². The molecule has 0 saturated carbocycles. The number of hydrogen-bond acceptors (Lipinski definition) is 3. The minimum Gasteiger partial charge on any atom is -0.477 e. The zero-order chi connectivity index (χ0) is 14.7. The summed E-state index contributed by atoms with van der Waals surface area (Å²) in [5, 5.41) is 11.6. The Labute approximate surface area is 123 Å². The van der Waals surface area contributed by atoms with Crippen LogP contribution in [0.15, 0.2) is 41.0 Å². The van der Waals surface area contributed by atoms with Crippen molar-refractivity contribution in [2.45, 2.75) is 6.92 Å². The van der Waals surface area contributed by atoms with E-state index in [1.807, 2.05) is 19.1 Å². The minimum absolute atomic E-state index is 0.162. The van der Waals surface area contributed by atoms with Gasteiger partial charge in [0.25, 0.3) is 5.91 Å². The van der Waals surface area contributed by atoms with Crippen molar-refractivity contribution in [2.24, 2.45) is 0 Å². The molecule has 0 aliphatic heterocycles. The molecule has 0 aliphatic carbocycles. The maximum absolute atomic E-state index is 12.1. The van der Waals surface area contributed by atoms with Crippen LogP contribution in [0, 0.1) is 6.92 Å². The van der Waals surface area contributed by atoms with Gasteiger partial charge in [0.05, 0.1) is 0 Å². The number of halogens is 1. The summed E-state index contributed by atoms with van der Waals surface area (Å²) in [5.41, 5.74) is 1.66. The van der Waals surface area contributed by atoms with Crippen molar-refractivity contribution in [3.05, 3.63) is 57.8 Å². The third-order valence-electron chi connectivity index (χ3n) is 2.68. The summed E-state index contributed by atoms with van der Waals surface area (Å²) in [4.78, 5) is 26.6. The Bertz CT molecular complexity index is 686. The van der Waals surface area contributed by atoms with E-state index >= 15 is 0 Å². The van der Waals surface area contributed by atoms with Crippen LogP contribution in [0.2, 0.25) is 0 Å². The highest BCUT2D eigenvalue weighted by molar-refractivity contribution is 9.10. The van der Waals surface area contributed by atoms with Gasteiger partial charge in [-0.3, -0.25) is 4.79 Å². The van der Waals surface area contributed by atoms with Crippen molar-refractivity contribution in [1.82, 2.24) is 4.98 Å². The number of carbonyl (C=O) groups excluding carboxylic acids is 1. The SMILES string of the molecule is Cc1cc(Br)ccc1NC(=O)c1ccnc(C(=O)O)c1.